The summed E-state index contributed by atoms with van der Waals surface area (Å²) in [4.78, 5) is 19.8. The predicted molar refractivity (Wildman–Crippen MR) is 112 cm³/mol. The van der Waals surface area contributed by atoms with Crippen molar-refractivity contribution in [3.8, 4) is 17.2 Å². The minimum absolute atomic E-state index is 0.0895. The van der Waals surface area contributed by atoms with Crippen molar-refractivity contribution in [3.63, 3.8) is 0 Å². The molecule has 0 saturated carbocycles. The minimum atomic E-state index is -0.110. The molecule has 1 fully saturated rings. The maximum atomic E-state index is 13.4. The van der Waals surface area contributed by atoms with E-state index in [1.807, 2.05) is 24.3 Å². The molecule has 7 heteroatoms. The van der Waals surface area contributed by atoms with Crippen LogP contribution in [0.1, 0.15) is 23.7 Å². The predicted octanol–water partition coefficient (Wildman–Crippen LogP) is 4.37. The fourth-order valence-electron chi connectivity index (χ4n) is 2.95. The van der Waals surface area contributed by atoms with Crippen LogP contribution in [-0.4, -0.2) is 49.1 Å². The highest BCUT2D eigenvalue weighted by atomic mass is 32.2. The van der Waals surface area contributed by atoms with Gasteiger partial charge < -0.3 is 14.2 Å². The van der Waals surface area contributed by atoms with Gasteiger partial charge in [0.2, 0.25) is 0 Å². The highest BCUT2D eigenvalue weighted by molar-refractivity contribution is 8.14. The van der Waals surface area contributed by atoms with Crippen molar-refractivity contribution in [1.29, 1.82) is 0 Å². The van der Waals surface area contributed by atoms with Crippen LogP contribution in [0.5, 0.6) is 17.2 Å². The molecule has 3 rings (SSSR count). The van der Waals surface area contributed by atoms with Gasteiger partial charge in [-0.3, -0.25) is 9.69 Å². The molecule has 0 unspecified atom stereocenters. The molecule has 2 aromatic rings. The lowest BCUT2D eigenvalue weighted by Gasteiger charge is -2.23. The van der Waals surface area contributed by atoms with Crippen LogP contribution < -0.4 is 14.2 Å². The molecule has 0 aromatic heterocycles. The summed E-state index contributed by atoms with van der Waals surface area (Å²) in [6, 6.07) is 12.8. The van der Waals surface area contributed by atoms with E-state index in [4.69, 9.17) is 19.2 Å². The van der Waals surface area contributed by atoms with Crippen LogP contribution in [0.25, 0.3) is 0 Å². The number of rotatable bonds is 6. The Morgan fingerprint density at radius 3 is 2.18 bits per heavy atom. The first-order chi connectivity index (χ1) is 13.6. The molecule has 2 aromatic carbocycles. The number of carbonyl (C=O) groups excluding carboxylic acids is 1. The zero-order valence-electron chi connectivity index (χ0n) is 16.5. The van der Waals surface area contributed by atoms with Gasteiger partial charge in [0.15, 0.2) is 5.17 Å². The van der Waals surface area contributed by atoms with Crippen molar-refractivity contribution >= 4 is 28.5 Å². The van der Waals surface area contributed by atoms with Gasteiger partial charge >= 0.3 is 0 Å². The van der Waals surface area contributed by atoms with Gasteiger partial charge in [0, 0.05) is 23.4 Å². The van der Waals surface area contributed by atoms with Crippen LogP contribution in [0.15, 0.2) is 47.5 Å². The zero-order valence-corrected chi connectivity index (χ0v) is 17.3. The van der Waals surface area contributed by atoms with E-state index >= 15 is 0 Å². The first-order valence-electron chi connectivity index (χ1n) is 9.01. The number of nitrogens with zero attached hydrogens (tertiary/aromatic N) is 2. The van der Waals surface area contributed by atoms with E-state index in [0.717, 1.165) is 23.6 Å². The van der Waals surface area contributed by atoms with Gasteiger partial charge in [-0.05, 0) is 42.8 Å². The number of hydrogen-bond acceptors (Lipinski definition) is 6. The number of amidine groups is 1. The summed E-state index contributed by atoms with van der Waals surface area (Å²) >= 11 is 1.59. The second kappa shape index (κ2) is 9.01. The first kappa shape index (κ1) is 20.1. The average Bonchev–Trinajstić information content (AvgIpc) is 3.15. The highest BCUT2D eigenvalue weighted by Gasteiger charge is 2.35. The summed E-state index contributed by atoms with van der Waals surface area (Å²) in [7, 11) is 4.77. The first-order valence-corrected chi connectivity index (χ1v) is 10.00. The van der Waals surface area contributed by atoms with Crippen molar-refractivity contribution < 1.29 is 19.0 Å². The van der Waals surface area contributed by atoms with E-state index in [9.17, 15) is 4.79 Å². The molecule has 1 saturated heterocycles. The summed E-state index contributed by atoms with van der Waals surface area (Å²) in [6.07, 6.45) is 0.849. The van der Waals surface area contributed by atoms with Gasteiger partial charge in [0.1, 0.15) is 17.2 Å². The number of aliphatic imine (C=N–C) groups is 1. The van der Waals surface area contributed by atoms with Gasteiger partial charge in [-0.15, -0.1) is 0 Å². The van der Waals surface area contributed by atoms with Gasteiger partial charge in [-0.2, -0.15) is 0 Å². The van der Waals surface area contributed by atoms with Crippen LogP contribution in [0.2, 0.25) is 0 Å². The van der Waals surface area contributed by atoms with Crippen molar-refractivity contribution in [3.05, 3.63) is 48.0 Å². The number of hydrogen-bond donors (Lipinski definition) is 0. The summed E-state index contributed by atoms with van der Waals surface area (Å²) in [5.74, 6) is 2.64. The van der Waals surface area contributed by atoms with Crippen LogP contribution in [0, 0.1) is 0 Å². The fourth-order valence-corrected chi connectivity index (χ4v) is 4.21. The molecule has 0 spiro atoms. The molecule has 1 heterocycles. The van der Waals surface area contributed by atoms with Gasteiger partial charge in [0.25, 0.3) is 5.91 Å². The van der Waals surface area contributed by atoms with Crippen molar-refractivity contribution in [2.24, 2.45) is 4.99 Å². The number of methoxy groups -OCH3 is 3. The van der Waals surface area contributed by atoms with Crippen LogP contribution in [0.4, 0.5) is 5.69 Å². The Hall–Kier alpha value is -2.67. The number of thioether (sulfide) groups is 1. The minimum Gasteiger partial charge on any atom is -0.497 e. The van der Waals surface area contributed by atoms with Crippen molar-refractivity contribution in [2.45, 2.75) is 19.4 Å². The van der Waals surface area contributed by atoms with Crippen molar-refractivity contribution in [1.82, 2.24) is 4.90 Å². The Morgan fingerprint density at radius 2 is 1.64 bits per heavy atom. The van der Waals surface area contributed by atoms with Crippen molar-refractivity contribution in [2.75, 3.05) is 27.1 Å². The number of amides is 1. The lowest BCUT2D eigenvalue weighted by Crippen LogP contribution is -2.39. The van der Waals surface area contributed by atoms with E-state index in [0.29, 0.717) is 22.2 Å². The normalized spacial score (nSPS) is 17.6. The molecular weight excluding hydrogens is 376 g/mol. The summed E-state index contributed by atoms with van der Waals surface area (Å²) in [5, 5.41) is 0.698. The molecule has 1 atom stereocenters. The number of ether oxygens (including phenoxy) is 3. The lowest BCUT2D eigenvalue weighted by molar-refractivity contribution is 0.0818. The second-order valence-electron chi connectivity index (χ2n) is 6.24. The molecule has 0 radical (unpaired) electrons. The molecular formula is C21H24N2O4S. The Bertz CT molecular complexity index is 845. The second-order valence-corrected chi connectivity index (χ2v) is 7.23. The molecule has 0 N–H and O–H groups in total. The van der Waals surface area contributed by atoms with E-state index in [1.54, 1.807) is 56.2 Å². The lowest BCUT2D eigenvalue weighted by atomic mass is 10.1. The number of benzene rings is 2. The molecule has 0 aliphatic carbocycles. The third-order valence-electron chi connectivity index (χ3n) is 4.56. The molecule has 28 heavy (non-hydrogen) atoms. The maximum absolute atomic E-state index is 13.4. The Labute approximate surface area is 169 Å². The quantitative estimate of drug-likeness (QED) is 0.721. The smallest absolute Gasteiger partial charge is 0.260 e. The van der Waals surface area contributed by atoms with Gasteiger partial charge in [-0.25, -0.2) is 4.99 Å². The van der Waals surface area contributed by atoms with Gasteiger partial charge in [0.05, 0.1) is 27.0 Å². The molecule has 1 aliphatic heterocycles. The maximum Gasteiger partial charge on any atom is 0.260 e. The Morgan fingerprint density at radius 1 is 1.04 bits per heavy atom. The topological polar surface area (TPSA) is 60.4 Å². The van der Waals surface area contributed by atoms with Crippen LogP contribution >= 0.6 is 11.8 Å². The third kappa shape index (κ3) is 4.25. The molecule has 148 valence electrons. The van der Waals surface area contributed by atoms with Crippen LogP contribution in [-0.2, 0) is 0 Å². The summed E-state index contributed by atoms with van der Waals surface area (Å²) < 4.78 is 15.8. The third-order valence-corrected chi connectivity index (χ3v) is 5.66. The Balaban J connectivity index is 1.95. The van der Waals surface area contributed by atoms with Crippen LogP contribution in [0.3, 0.4) is 0 Å². The standard InChI is InChI=1S/C21H24N2O4S/c1-5-16-13-28-21(22-15-6-8-17(25-2)9-7-15)23(16)20(24)14-10-18(26-3)12-19(11-14)27-4/h6-12,16H,5,13H2,1-4H3/t16-/m1/s1. The van der Waals surface area contributed by atoms with E-state index in [1.165, 1.54) is 0 Å². The highest BCUT2D eigenvalue weighted by Crippen LogP contribution is 2.32. The molecule has 1 aliphatic rings. The monoisotopic (exact) mass is 400 g/mol. The SMILES string of the molecule is CC[C@@H]1CSC(=Nc2ccc(OC)cc2)N1C(=O)c1cc(OC)cc(OC)c1. The summed E-state index contributed by atoms with van der Waals surface area (Å²) in [5.41, 5.74) is 1.29. The average molecular weight is 401 g/mol. The molecule has 6 nitrogen and oxygen atoms in total. The molecule has 0 bridgehead atoms. The van der Waals surface area contributed by atoms with Gasteiger partial charge in [-0.1, -0.05) is 18.7 Å². The molecule has 1 amide bonds. The summed E-state index contributed by atoms with van der Waals surface area (Å²) in [6.45, 7) is 2.08. The van der Waals surface area contributed by atoms with E-state index in [2.05, 4.69) is 6.92 Å². The largest absolute Gasteiger partial charge is 0.497 e. The van der Waals surface area contributed by atoms with E-state index < -0.39 is 0 Å². The fraction of sp³-hybridized carbons (Fsp3) is 0.333. The number of carbonyl (C=O) groups is 1. The Kier molecular flexibility index (Phi) is 6.46. The van der Waals surface area contributed by atoms with E-state index in [-0.39, 0.29) is 11.9 Å². The zero-order chi connectivity index (χ0) is 20.1.